The van der Waals surface area contributed by atoms with Gasteiger partial charge in [0, 0.05) is 18.9 Å². The van der Waals surface area contributed by atoms with Crippen LogP contribution in [0.25, 0.3) is 0 Å². The molecule has 0 aliphatic carbocycles. The van der Waals surface area contributed by atoms with Gasteiger partial charge in [-0.3, -0.25) is 0 Å². The van der Waals surface area contributed by atoms with Crippen molar-refractivity contribution in [2.45, 2.75) is 33.4 Å². The Kier molecular flexibility index (Phi) is 5.38. The average molecular weight is 325 g/mol. The third kappa shape index (κ3) is 3.98. The molecular weight excluding hydrogens is 307 g/mol. The number of hydrogen-bond acceptors (Lipinski definition) is 2. The van der Waals surface area contributed by atoms with E-state index in [-0.39, 0.29) is 5.02 Å². The molecule has 0 spiro atoms. The molecule has 5 nitrogen and oxygen atoms in total. The molecule has 22 heavy (non-hydrogen) atoms. The lowest BCUT2D eigenvalue weighted by molar-refractivity contribution is 0.251. The second-order valence-electron chi connectivity index (χ2n) is 4.93. The fourth-order valence-electron chi connectivity index (χ4n) is 2.03. The van der Waals surface area contributed by atoms with Crippen molar-refractivity contribution >= 4 is 23.3 Å². The number of hydrogen-bond donors (Lipinski definition) is 2. The molecule has 118 valence electrons. The van der Waals surface area contributed by atoms with Gasteiger partial charge in [-0.1, -0.05) is 18.5 Å². The largest absolute Gasteiger partial charge is 0.333 e. The van der Waals surface area contributed by atoms with Crippen LogP contribution in [0.15, 0.2) is 24.5 Å². The lowest BCUT2D eigenvalue weighted by Gasteiger charge is -2.11. The molecule has 1 aromatic carbocycles. The van der Waals surface area contributed by atoms with Crippen LogP contribution in [-0.2, 0) is 13.1 Å². The number of rotatable bonds is 5. The van der Waals surface area contributed by atoms with Crippen molar-refractivity contribution in [1.29, 1.82) is 0 Å². The maximum absolute atomic E-state index is 13.3. The molecule has 0 bridgehead atoms. The maximum Gasteiger partial charge on any atom is 0.319 e. The van der Waals surface area contributed by atoms with E-state index >= 15 is 0 Å². The van der Waals surface area contributed by atoms with Crippen LogP contribution in [0, 0.1) is 12.7 Å². The number of benzene rings is 1. The zero-order valence-corrected chi connectivity index (χ0v) is 13.2. The minimum atomic E-state index is -0.418. The monoisotopic (exact) mass is 324 g/mol. The Morgan fingerprint density at radius 3 is 2.95 bits per heavy atom. The molecule has 0 saturated heterocycles. The molecule has 0 fully saturated rings. The van der Waals surface area contributed by atoms with E-state index in [2.05, 4.69) is 22.5 Å². The third-order valence-electron chi connectivity index (χ3n) is 3.17. The van der Waals surface area contributed by atoms with Crippen LogP contribution in [-0.4, -0.2) is 15.6 Å². The van der Waals surface area contributed by atoms with E-state index < -0.39 is 11.8 Å². The van der Waals surface area contributed by atoms with Gasteiger partial charge >= 0.3 is 6.03 Å². The lowest BCUT2D eigenvalue weighted by Crippen LogP contribution is -2.29. The van der Waals surface area contributed by atoms with Gasteiger partial charge in [-0.05, 0) is 31.0 Å². The standard InChI is InChI=1S/C15H18ClFN4O/c1-3-5-21-6-4-18-14(21)9-19-15(22)20-13-7-10(2)12(17)8-11(13)16/h4,6-8H,3,5,9H2,1-2H3,(H2,19,20,22). The highest BCUT2D eigenvalue weighted by atomic mass is 35.5. The van der Waals surface area contributed by atoms with Crippen LogP contribution in [0.2, 0.25) is 5.02 Å². The molecule has 2 aromatic rings. The summed E-state index contributed by atoms with van der Waals surface area (Å²) >= 11 is 5.91. The summed E-state index contributed by atoms with van der Waals surface area (Å²) in [5.74, 6) is 0.371. The number of nitrogens with zero attached hydrogens (tertiary/aromatic N) is 2. The van der Waals surface area contributed by atoms with Crippen molar-refractivity contribution < 1.29 is 9.18 Å². The number of urea groups is 1. The van der Waals surface area contributed by atoms with Crippen LogP contribution in [0.3, 0.4) is 0 Å². The Hall–Kier alpha value is -2.08. The van der Waals surface area contributed by atoms with Gasteiger partial charge in [0.15, 0.2) is 0 Å². The van der Waals surface area contributed by atoms with E-state index in [1.165, 1.54) is 12.1 Å². The molecule has 2 rings (SSSR count). The second-order valence-corrected chi connectivity index (χ2v) is 5.33. The first-order valence-corrected chi connectivity index (χ1v) is 7.39. The number of anilines is 1. The fraction of sp³-hybridized carbons (Fsp3) is 0.333. The van der Waals surface area contributed by atoms with Gasteiger partial charge in [-0.25, -0.2) is 14.2 Å². The first-order valence-electron chi connectivity index (χ1n) is 7.01. The number of aromatic nitrogens is 2. The quantitative estimate of drug-likeness (QED) is 0.880. The number of imidazole rings is 1. The Bertz CT molecular complexity index is 672. The van der Waals surface area contributed by atoms with E-state index in [0.29, 0.717) is 17.8 Å². The molecule has 1 heterocycles. The minimum Gasteiger partial charge on any atom is -0.333 e. The Labute approximate surface area is 133 Å². The zero-order chi connectivity index (χ0) is 16.1. The summed E-state index contributed by atoms with van der Waals surface area (Å²) in [6.45, 7) is 4.83. The zero-order valence-electron chi connectivity index (χ0n) is 12.5. The van der Waals surface area contributed by atoms with Crippen LogP contribution in [0.1, 0.15) is 24.7 Å². The normalized spacial score (nSPS) is 10.5. The van der Waals surface area contributed by atoms with Gasteiger partial charge < -0.3 is 15.2 Å². The molecular formula is C15H18ClFN4O. The minimum absolute atomic E-state index is 0.158. The highest BCUT2D eigenvalue weighted by Gasteiger charge is 2.10. The van der Waals surface area contributed by atoms with Crippen molar-refractivity contribution in [3.05, 3.63) is 46.8 Å². The van der Waals surface area contributed by atoms with Crippen molar-refractivity contribution in [3.63, 3.8) is 0 Å². The molecule has 0 atom stereocenters. The molecule has 7 heteroatoms. The van der Waals surface area contributed by atoms with Crippen molar-refractivity contribution in [3.8, 4) is 0 Å². The van der Waals surface area contributed by atoms with E-state index in [0.717, 1.165) is 18.8 Å². The highest BCUT2D eigenvalue weighted by molar-refractivity contribution is 6.33. The van der Waals surface area contributed by atoms with Crippen LogP contribution >= 0.6 is 11.6 Å². The first kappa shape index (κ1) is 16.3. The molecule has 1 aromatic heterocycles. The van der Waals surface area contributed by atoms with Crippen LogP contribution in [0.4, 0.5) is 14.9 Å². The summed E-state index contributed by atoms with van der Waals surface area (Å²) in [6, 6.07) is 2.26. The Morgan fingerprint density at radius 2 is 2.23 bits per heavy atom. The summed E-state index contributed by atoms with van der Waals surface area (Å²) in [5.41, 5.74) is 0.785. The summed E-state index contributed by atoms with van der Waals surface area (Å²) in [5, 5.41) is 5.47. The first-order chi connectivity index (χ1) is 10.5. The van der Waals surface area contributed by atoms with E-state index in [1.807, 2.05) is 10.8 Å². The number of amides is 2. The Balaban J connectivity index is 1.96. The van der Waals surface area contributed by atoms with E-state index in [4.69, 9.17) is 11.6 Å². The summed E-state index contributed by atoms with van der Waals surface area (Å²) in [7, 11) is 0. The predicted octanol–water partition coefficient (Wildman–Crippen LogP) is 3.72. The summed E-state index contributed by atoms with van der Waals surface area (Å²) < 4.78 is 15.3. The predicted molar refractivity (Wildman–Crippen MR) is 84.5 cm³/mol. The summed E-state index contributed by atoms with van der Waals surface area (Å²) in [4.78, 5) is 16.1. The number of carbonyl (C=O) groups is 1. The van der Waals surface area contributed by atoms with Crippen molar-refractivity contribution in [2.75, 3.05) is 5.32 Å². The van der Waals surface area contributed by atoms with Crippen LogP contribution < -0.4 is 10.6 Å². The number of nitrogens with one attached hydrogen (secondary N) is 2. The lowest BCUT2D eigenvalue weighted by atomic mass is 10.2. The second kappa shape index (κ2) is 7.26. The average Bonchev–Trinajstić information content (AvgIpc) is 2.90. The summed E-state index contributed by atoms with van der Waals surface area (Å²) in [6.07, 6.45) is 4.56. The van der Waals surface area contributed by atoms with Gasteiger partial charge in [0.2, 0.25) is 0 Å². The SMILES string of the molecule is CCCn1ccnc1CNC(=O)Nc1cc(C)c(F)cc1Cl. The molecule has 0 saturated carbocycles. The van der Waals surface area contributed by atoms with Gasteiger partial charge in [0.1, 0.15) is 11.6 Å². The fourth-order valence-corrected chi connectivity index (χ4v) is 2.23. The van der Waals surface area contributed by atoms with Gasteiger partial charge in [0.05, 0.1) is 17.3 Å². The maximum atomic E-state index is 13.3. The van der Waals surface area contributed by atoms with Gasteiger partial charge in [0.25, 0.3) is 0 Å². The van der Waals surface area contributed by atoms with Gasteiger partial charge in [-0.2, -0.15) is 0 Å². The van der Waals surface area contributed by atoms with Crippen molar-refractivity contribution in [2.24, 2.45) is 0 Å². The van der Waals surface area contributed by atoms with Gasteiger partial charge in [-0.15, -0.1) is 0 Å². The van der Waals surface area contributed by atoms with Crippen LogP contribution in [0.5, 0.6) is 0 Å². The van der Waals surface area contributed by atoms with E-state index in [1.54, 1.807) is 13.1 Å². The molecule has 0 aliphatic heterocycles. The van der Waals surface area contributed by atoms with E-state index in [9.17, 15) is 9.18 Å². The number of carbonyl (C=O) groups excluding carboxylic acids is 1. The molecule has 2 amide bonds. The molecule has 2 N–H and O–H groups in total. The Morgan fingerprint density at radius 1 is 1.45 bits per heavy atom. The molecule has 0 unspecified atom stereocenters. The van der Waals surface area contributed by atoms with Crippen molar-refractivity contribution in [1.82, 2.24) is 14.9 Å². The molecule has 0 radical (unpaired) electrons. The number of halogens is 2. The number of aryl methyl sites for hydroxylation is 2. The topological polar surface area (TPSA) is 59.0 Å². The third-order valence-corrected chi connectivity index (χ3v) is 3.48. The molecule has 0 aliphatic rings. The highest BCUT2D eigenvalue weighted by Crippen LogP contribution is 2.25. The smallest absolute Gasteiger partial charge is 0.319 e.